The molecule has 1 aromatic heterocycles. The van der Waals surface area contributed by atoms with Crippen molar-refractivity contribution in [1.29, 1.82) is 0 Å². The Morgan fingerprint density at radius 3 is 2.42 bits per heavy atom. The first kappa shape index (κ1) is 24.2. The largest absolute Gasteiger partial charge is 0.493 e. The van der Waals surface area contributed by atoms with Crippen LogP contribution in [0.2, 0.25) is 0 Å². The third-order valence-electron chi connectivity index (χ3n) is 4.63. The monoisotopic (exact) mass is 490 g/mol. The van der Waals surface area contributed by atoms with Gasteiger partial charge in [0.25, 0.3) is 5.91 Å². The fraction of sp³-hybridized carbons (Fsp3) is 0.227. The van der Waals surface area contributed by atoms with Crippen LogP contribution < -0.4 is 14.3 Å². The van der Waals surface area contributed by atoms with E-state index in [-0.39, 0.29) is 16.2 Å². The molecule has 3 aromatic rings. The number of ether oxygens (including phenoxy) is 3. The lowest BCUT2D eigenvalue weighted by Crippen LogP contribution is -2.22. The fourth-order valence-electron chi connectivity index (χ4n) is 2.97. The zero-order chi connectivity index (χ0) is 24.2. The van der Waals surface area contributed by atoms with Crippen LogP contribution >= 0.6 is 11.3 Å². The topological polar surface area (TPSA) is 113 Å². The number of hydrogen-bond acceptors (Lipinski definition) is 8. The van der Waals surface area contributed by atoms with Gasteiger partial charge in [-0.25, -0.2) is 8.42 Å². The minimum absolute atomic E-state index is 0.132. The maximum absolute atomic E-state index is 12.5. The third-order valence-corrected chi connectivity index (χ3v) is 6.78. The van der Waals surface area contributed by atoms with Crippen LogP contribution in [-0.2, 0) is 30.7 Å². The normalized spacial score (nSPS) is 12.3. The fourth-order valence-corrected chi connectivity index (χ4v) is 4.77. The van der Waals surface area contributed by atoms with Crippen LogP contribution in [-0.4, -0.2) is 52.4 Å². The van der Waals surface area contributed by atoms with Crippen LogP contribution in [0.5, 0.6) is 11.5 Å². The Morgan fingerprint density at radius 1 is 1.06 bits per heavy atom. The van der Waals surface area contributed by atoms with Gasteiger partial charge in [-0.2, -0.15) is 4.99 Å². The second-order valence-electron chi connectivity index (χ2n) is 6.85. The van der Waals surface area contributed by atoms with Gasteiger partial charge >= 0.3 is 5.97 Å². The molecule has 1 heterocycles. The van der Waals surface area contributed by atoms with Crippen molar-refractivity contribution in [2.24, 2.45) is 4.99 Å². The molecule has 0 atom stereocenters. The first-order valence-corrected chi connectivity index (χ1v) is 12.3. The number of sulfone groups is 1. The second-order valence-corrected chi connectivity index (χ2v) is 9.87. The highest BCUT2D eigenvalue weighted by Crippen LogP contribution is 2.28. The first-order valence-electron chi connectivity index (χ1n) is 9.55. The standard InChI is InChI=1S/C22H22N2O7S2/c1-29-17-9-5-14(11-18(17)30-2)6-10-20(25)23-22-24(13-21(26)31-3)16-8-7-15(33(4,27)28)12-19(16)32-22/h5-12H,13H2,1-4H3/b10-6-,23-22?. The van der Waals surface area contributed by atoms with Crippen molar-refractivity contribution in [3.63, 3.8) is 0 Å². The summed E-state index contributed by atoms with van der Waals surface area (Å²) < 4.78 is 41.1. The first-order chi connectivity index (χ1) is 15.7. The number of carbonyl (C=O) groups excluding carboxylic acids is 2. The molecule has 174 valence electrons. The van der Waals surface area contributed by atoms with Crippen molar-refractivity contribution in [3.05, 3.63) is 52.8 Å². The lowest BCUT2D eigenvalue weighted by Gasteiger charge is -2.07. The zero-order valence-electron chi connectivity index (χ0n) is 18.4. The van der Waals surface area contributed by atoms with Gasteiger partial charge in [0, 0.05) is 12.3 Å². The molecule has 33 heavy (non-hydrogen) atoms. The molecule has 2 aromatic carbocycles. The smallest absolute Gasteiger partial charge is 0.325 e. The molecule has 0 radical (unpaired) electrons. The average molecular weight is 491 g/mol. The van der Waals surface area contributed by atoms with Gasteiger partial charge in [0.2, 0.25) is 0 Å². The number of benzene rings is 2. The molecular weight excluding hydrogens is 468 g/mol. The average Bonchev–Trinajstić information content (AvgIpc) is 3.12. The number of esters is 1. The van der Waals surface area contributed by atoms with Crippen LogP contribution in [0.3, 0.4) is 0 Å². The maximum Gasteiger partial charge on any atom is 0.325 e. The molecule has 0 aliphatic carbocycles. The Kier molecular flexibility index (Phi) is 7.34. The van der Waals surface area contributed by atoms with E-state index in [0.717, 1.165) is 17.6 Å². The van der Waals surface area contributed by atoms with Gasteiger partial charge in [0.15, 0.2) is 26.1 Å². The Balaban J connectivity index is 2.02. The number of methoxy groups -OCH3 is 3. The molecule has 0 unspecified atom stereocenters. The number of nitrogens with zero attached hydrogens (tertiary/aromatic N) is 2. The van der Waals surface area contributed by atoms with Crippen molar-refractivity contribution in [3.8, 4) is 11.5 Å². The summed E-state index contributed by atoms with van der Waals surface area (Å²) >= 11 is 1.10. The van der Waals surface area contributed by atoms with Crippen LogP contribution in [0.4, 0.5) is 0 Å². The number of fused-ring (bicyclic) bond motifs is 1. The summed E-state index contributed by atoms with van der Waals surface area (Å²) in [4.78, 5) is 28.9. The number of carbonyl (C=O) groups is 2. The second kappa shape index (κ2) is 10.0. The van der Waals surface area contributed by atoms with Gasteiger partial charge in [-0.05, 0) is 42.0 Å². The summed E-state index contributed by atoms with van der Waals surface area (Å²) in [5.41, 5.74) is 1.26. The van der Waals surface area contributed by atoms with Crippen molar-refractivity contribution in [2.45, 2.75) is 11.4 Å². The highest BCUT2D eigenvalue weighted by atomic mass is 32.2. The van der Waals surface area contributed by atoms with Gasteiger partial charge in [-0.15, -0.1) is 0 Å². The molecule has 3 rings (SSSR count). The Labute approximate surface area is 194 Å². The van der Waals surface area contributed by atoms with Crippen LogP contribution in [0, 0.1) is 0 Å². The molecule has 0 fully saturated rings. The lowest BCUT2D eigenvalue weighted by molar-refractivity contribution is -0.141. The van der Waals surface area contributed by atoms with E-state index in [1.807, 2.05) is 0 Å². The quantitative estimate of drug-likeness (QED) is 0.369. The minimum Gasteiger partial charge on any atom is -0.493 e. The zero-order valence-corrected chi connectivity index (χ0v) is 20.0. The Morgan fingerprint density at radius 2 is 1.79 bits per heavy atom. The number of rotatable bonds is 7. The van der Waals surface area contributed by atoms with Gasteiger partial charge in [0.1, 0.15) is 6.54 Å². The van der Waals surface area contributed by atoms with Gasteiger partial charge in [0.05, 0.1) is 36.4 Å². The van der Waals surface area contributed by atoms with Crippen LogP contribution in [0.25, 0.3) is 16.3 Å². The molecule has 0 aliphatic rings. The molecule has 0 spiro atoms. The minimum atomic E-state index is -3.42. The highest BCUT2D eigenvalue weighted by molar-refractivity contribution is 7.90. The molecule has 0 saturated carbocycles. The van der Waals surface area contributed by atoms with E-state index >= 15 is 0 Å². The number of amides is 1. The SMILES string of the molecule is COC(=O)Cn1c(=NC(=O)/C=C\c2ccc(OC)c(OC)c2)sc2cc(S(C)(=O)=O)ccc21. The van der Waals surface area contributed by atoms with E-state index in [1.54, 1.807) is 30.3 Å². The lowest BCUT2D eigenvalue weighted by atomic mass is 10.2. The molecule has 1 amide bonds. The number of aromatic nitrogens is 1. The molecule has 0 saturated heterocycles. The van der Waals surface area contributed by atoms with Crippen LogP contribution in [0.1, 0.15) is 5.56 Å². The van der Waals surface area contributed by atoms with Crippen molar-refractivity contribution in [1.82, 2.24) is 4.57 Å². The summed E-state index contributed by atoms with van der Waals surface area (Å²) in [5.74, 6) is -0.00523. The Bertz CT molecular complexity index is 1420. The van der Waals surface area contributed by atoms with Crippen molar-refractivity contribution >= 4 is 49.3 Å². The molecular formula is C22H22N2O7S2. The summed E-state index contributed by atoms with van der Waals surface area (Å²) in [6.07, 6.45) is 3.97. The number of hydrogen-bond donors (Lipinski definition) is 0. The summed E-state index contributed by atoms with van der Waals surface area (Å²) in [5, 5.41) is 0. The van der Waals surface area contributed by atoms with E-state index < -0.39 is 21.7 Å². The van der Waals surface area contributed by atoms with E-state index in [2.05, 4.69) is 4.99 Å². The summed E-state index contributed by atoms with van der Waals surface area (Å²) in [7, 11) is 0.884. The van der Waals surface area contributed by atoms with Crippen LogP contribution in [0.15, 0.2) is 52.4 Å². The van der Waals surface area contributed by atoms with Crippen molar-refractivity contribution < 1.29 is 32.2 Å². The Hall–Kier alpha value is -3.44. The highest BCUT2D eigenvalue weighted by Gasteiger charge is 2.15. The van der Waals surface area contributed by atoms with E-state index in [1.165, 1.54) is 44.1 Å². The van der Waals surface area contributed by atoms with E-state index in [9.17, 15) is 18.0 Å². The number of thiazole rings is 1. The van der Waals surface area contributed by atoms with Crippen molar-refractivity contribution in [2.75, 3.05) is 27.6 Å². The predicted octanol–water partition coefficient (Wildman–Crippen LogP) is 2.44. The predicted molar refractivity (Wildman–Crippen MR) is 124 cm³/mol. The molecule has 0 N–H and O–H groups in total. The summed E-state index contributed by atoms with van der Waals surface area (Å²) in [6.45, 7) is -0.180. The summed E-state index contributed by atoms with van der Waals surface area (Å²) in [6, 6.07) is 9.71. The molecule has 0 aliphatic heterocycles. The van der Waals surface area contributed by atoms with E-state index in [4.69, 9.17) is 14.2 Å². The molecule has 11 heteroatoms. The molecule has 0 bridgehead atoms. The maximum atomic E-state index is 12.5. The molecule has 9 nitrogen and oxygen atoms in total. The third kappa shape index (κ3) is 5.68. The van der Waals surface area contributed by atoms with Gasteiger partial charge in [-0.1, -0.05) is 17.4 Å². The van der Waals surface area contributed by atoms with E-state index in [0.29, 0.717) is 27.3 Å². The van der Waals surface area contributed by atoms with Gasteiger partial charge in [-0.3, -0.25) is 9.59 Å². The van der Waals surface area contributed by atoms with Gasteiger partial charge < -0.3 is 18.8 Å².